The van der Waals surface area contributed by atoms with Gasteiger partial charge in [-0.25, -0.2) is 0 Å². The fourth-order valence-electron chi connectivity index (χ4n) is 1.97. The minimum absolute atomic E-state index is 0.123. The van der Waals surface area contributed by atoms with E-state index in [1.165, 1.54) is 0 Å². The van der Waals surface area contributed by atoms with Crippen LogP contribution in [0.5, 0.6) is 5.75 Å². The number of Topliss-reactive ketones (excluding diaryl/α,β-unsaturated/α-hetero) is 1. The standard InChI is InChI=1S/C16H25NO3/c1-4-16(19)13-7-9-15(10-8-13)20-12-14(18)11-17(5-2)6-3/h7-10,14,18H,4-6,11-12H2,1-3H3/t14-/m0/s1. The van der Waals surface area contributed by atoms with Gasteiger partial charge in [-0.3, -0.25) is 4.79 Å². The summed E-state index contributed by atoms with van der Waals surface area (Å²) >= 11 is 0. The van der Waals surface area contributed by atoms with E-state index in [4.69, 9.17) is 4.74 Å². The van der Waals surface area contributed by atoms with E-state index < -0.39 is 6.10 Å². The molecule has 1 aromatic rings. The van der Waals surface area contributed by atoms with Gasteiger partial charge in [-0.15, -0.1) is 0 Å². The van der Waals surface area contributed by atoms with Crippen LogP contribution in [-0.2, 0) is 0 Å². The van der Waals surface area contributed by atoms with Crippen LogP contribution in [0.3, 0.4) is 0 Å². The van der Waals surface area contributed by atoms with Gasteiger partial charge in [-0.1, -0.05) is 20.8 Å². The molecule has 0 aliphatic rings. The fourth-order valence-corrected chi connectivity index (χ4v) is 1.97. The Hall–Kier alpha value is -1.39. The zero-order valence-electron chi connectivity index (χ0n) is 12.6. The van der Waals surface area contributed by atoms with E-state index in [0.29, 0.717) is 24.3 Å². The Labute approximate surface area is 121 Å². The molecule has 0 aliphatic carbocycles. The maximum atomic E-state index is 11.5. The minimum atomic E-state index is -0.508. The molecule has 0 saturated heterocycles. The monoisotopic (exact) mass is 279 g/mol. The number of ether oxygens (including phenoxy) is 1. The van der Waals surface area contributed by atoms with Gasteiger partial charge in [0, 0.05) is 18.5 Å². The van der Waals surface area contributed by atoms with E-state index in [9.17, 15) is 9.90 Å². The van der Waals surface area contributed by atoms with Crippen molar-refractivity contribution >= 4 is 5.78 Å². The third-order valence-corrected chi connectivity index (χ3v) is 3.30. The first-order valence-electron chi connectivity index (χ1n) is 7.27. The summed E-state index contributed by atoms with van der Waals surface area (Å²) < 4.78 is 5.54. The van der Waals surface area contributed by atoms with Gasteiger partial charge in [0.2, 0.25) is 0 Å². The number of rotatable bonds is 9. The van der Waals surface area contributed by atoms with Gasteiger partial charge in [0.15, 0.2) is 5.78 Å². The van der Waals surface area contributed by atoms with Crippen molar-refractivity contribution in [1.82, 2.24) is 4.90 Å². The Bertz CT molecular complexity index is 399. The second-order valence-electron chi connectivity index (χ2n) is 4.75. The summed E-state index contributed by atoms with van der Waals surface area (Å²) in [5.74, 6) is 0.800. The molecule has 0 fully saturated rings. The number of ketones is 1. The molecular formula is C16H25NO3. The van der Waals surface area contributed by atoms with Gasteiger partial charge in [-0.2, -0.15) is 0 Å². The summed E-state index contributed by atoms with van der Waals surface area (Å²) in [4.78, 5) is 13.6. The molecular weight excluding hydrogens is 254 g/mol. The average molecular weight is 279 g/mol. The number of aliphatic hydroxyl groups excluding tert-OH is 1. The Morgan fingerprint density at radius 1 is 1.20 bits per heavy atom. The number of carbonyl (C=O) groups is 1. The molecule has 0 amide bonds. The highest BCUT2D eigenvalue weighted by molar-refractivity contribution is 5.95. The molecule has 0 unspecified atom stereocenters. The van der Waals surface area contributed by atoms with Gasteiger partial charge in [0.1, 0.15) is 18.5 Å². The Morgan fingerprint density at radius 3 is 2.30 bits per heavy atom. The molecule has 1 aromatic carbocycles. The Kier molecular flexibility index (Phi) is 7.26. The first kappa shape index (κ1) is 16.7. The molecule has 1 rings (SSSR count). The van der Waals surface area contributed by atoms with Crippen LogP contribution < -0.4 is 4.74 Å². The molecule has 4 nitrogen and oxygen atoms in total. The van der Waals surface area contributed by atoms with Gasteiger partial charge in [0.05, 0.1) is 0 Å². The van der Waals surface area contributed by atoms with Crippen LogP contribution in [-0.4, -0.2) is 48.1 Å². The van der Waals surface area contributed by atoms with Crippen molar-refractivity contribution in [3.8, 4) is 5.75 Å². The van der Waals surface area contributed by atoms with Gasteiger partial charge < -0.3 is 14.7 Å². The molecule has 0 aliphatic heterocycles. The van der Waals surface area contributed by atoms with E-state index in [1.807, 2.05) is 6.92 Å². The summed E-state index contributed by atoms with van der Waals surface area (Å²) in [6.45, 7) is 8.69. The van der Waals surface area contributed by atoms with Gasteiger partial charge >= 0.3 is 0 Å². The second-order valence-corrected chi connectivity index (χ2v) is 4.75. The van der Waals surface area contributed by atoms with Gasteiger partial charge in [-0.05, 0) is 37.4 Å². The normalized spacial score (nSPS) is 12.4. The lowest BCUT2D eigenvalue weighted by molar-refractivity contribution is 0.0716. The number of carbonyl (C=O) groups excluding carboxylic acids is 1. The van der Waals surface area contributed by atoms with Crippen LogP contribution >= 0.6 is 0 Å². The number of aliphatic hydroxyl groups is 1. The van der Waals surface area contributed by atoms with Crippen molar-refractivity contribution in [2.24, 2.45) is 0 Å². The van der Waals surface area contributed by atoms with Crippen LogP contribution in [0.4, 0.5) is 0 Å². The Balaban J connectivity index is 2.43. The van der Waals surface area contributed by atoms with Crippen molar-refractivity contribution in [3.05, 3.63) is 29.8 Å². The van der Waals surface area contributed by atoms with E-state index in [0.717, 1.165) is 13.1 Å². The van der Waals surface area contributed by atoms with Crippen molar-refractivity contribution in [3.63, 3.8) is 0 Å². The van der Waals surface area contributed by atoms with Crippen LogP contribution in [0.2, 0.25) is 0 Å². The van der Waals surface area contributed by atoms with E-state index >= 15 is 0 Å². The van der Waals surface area contributed by atoms with Crippen molar-refractivity contribution in [2.75, 3.05) is 26.2 Å². The fraction of sp³-hybridized carbons (Fsp3) is 0.562. The second kappa shape index (κ2) is 8.72. The quantitative estimate of drug-likeness (QED) is 0.705. The predicted octanol–water partition coefficient (Wildman–Crippen LogP) is 2.36. The molecule has 0 spiro atoms. The van der Waals surface area contributed by atoms with E-state index in [1.54, 1.807) is 24.3 Å². The molecule has 1 N–H and O–H groups in total. The highest BCUT2D eigenvalue weighted by Crippen LogP contribution is 2.13. The lowest BCUT2D eigenvalue weighted by atomic mass is 10.1. The molecule has 0 saturated carbocycles. The van der Waals surface area contributed by atoms with E-state index in [-0.39, 0.29) is 12.4 Å². The summed E-state index contributed by atoms with van der Waals surface area (Å²) in [6, 6.07) is 7.07. The summed E-state index contributed by atoms with van der Waals surface area (Å²) in [5, 5.41) is 9.90. The third-order valence-electron chi connectivity index (χ3n) is 3.30. The molecule has 1 atom stereocenters. The van der Waals surface area contributed by atoms with Crippen molar-refractivity contribution in [1.29, 1.82) is 0 Å². The van der Waals surface area contributed by atoms with Crippen LogP contribution in [0.15, 0.2) is 24.3 Å². The highest BCUT2D eigenvalue weighted by atomic mass is 16.5. The number of likely N-dealkylation sites (N-methyl/N-ethyl adjacent to an activating group) is 1. The lowest BCUT2D eigenvalue weighted by Crippen LogP contribution is -2.35. The van der Waals surface area contributed by atoms with Crippen LogP contribution in [0, 0.1) is 0 Å². The van der Waals surface area contributed by atoms with Crippen molar-refractivity contribution in [2.45, 2.75) is 33.3 Å². The molecule has 112 valence electrons. The van der Waals surface area contributed by atoms with Crippen molar-refractivity contribution < 1.29 is 14.6 Å². The van der Waals surface area contributed by atoms with Crippen LogP contribution in [0.1, 0.15) is 37.6 Å². The smallest absolute Gasteiger partial charge is 0.162 e. The molecule has 0 heterocycles. The predicted molar refractivity (Wildman–Crippen MR) is 80.4 cm³/mol. The first-order valence-corrected chi connectivity index (χ1v) is 7.27. The minimum Gasteiger partial charge on any atom is -0.491 e. The average Bonchev–Trinajstić information content (AvgIpc) is 2.50. The summed E-state index contributed by atoms with van der Waals surface area (Å²) in [5.41, 5.74) is 0.698. The largest absolute Gasteiger partial charge is 0.491 e. The molecule has 0 aromatic heterocycles. The zero-order valence-corrected chi connectivity index (χ0v) is 12.6. The van der Waals surface area contributed by atoms with E-state index in [2.05, 4.69) is 18.7 Å². The Morgan fingerprint density at radius 2 is 1.80 bits per heavy atom. The zero-order chi connectivity index (χ0) is 15.0. The maximum Gasteiger partial charge on any atom is 0.162 e. The number of hydrogen-bond donors (Lipinski definition) is 1. The SMILES string of the molecule is CCC(=O)c1ccc(OC[C@@H](O)CN(CC)CC)cc1. The van der Waals surface area contributed by atoms with Gasteiger partial charge in [0.25, 0.3) is 0 Å². The van der Waals surface area contributed by atoms with Crippen LogP contribution in [0.25, 0.3) is 0 Å². The lowest BCUT2D eigenvalue weighted by Gasteiger charge is -2.21. The molecule has 4 heteroatoms. The molecule has 0 radical (unpaired) electrons. The topological polar surface area (TPSA) is 49.8 Å². The number of benzene rings is 1. The number of nitrogens with zero attached hydrogens (tertiary/aromatic N) is 1. The third kappa shape index (κ3) is 5.31. The highest BCUT2D eigenvalue weighted by Gasteiger charge is 2.10. The summed E-state index contributed by atoms with van der Waals surface area (Å²) in [6.07, 6.45) is -0.00478. The molecule has 0 bridgehead atoms. The number of hydrogen-bond acceptors (Lipinski definition) is 4. The summed E-state index contributed by atoms with van der Waals surface area (Å²) in [7, 11) is 0. The maximum absolute atomic E-state index is 11.5. The first-order chi connectivity index (χ1) is 9.60. The molecule has 20 heavy (non-hydrogen) atoms.